The van der Waals surface area contributed by atoms with Crippen molar-refractivity contribution in [1.82, 2.24) is 19.6 Å². The summed E-state index contributed by atoms with van der Waals surface area (Å²) >= 11 is 1.15. The number of anilines is 3. The Balaban J connectivity index is 1.57. The molecule has 1 aliphatic rings. The predicted molar refractivity (Wildman–Crippen MR) is 129 cm³/mol. The molecule has 4 aromatic rings. The Kier molecular flexibility index (Phi) is 5.87. The summed E-state index contributed by atoms with van der Waals surface area (Å²) in [6.07, 6.45) is 4.22. The fraction of sp³-hybridized carbons (Fsp3) is 0.333. The molecule has 1 saturated heterocycles. The normalized spacial score (nSPS) is 13.9. The van der Waals surface area contributed by atoms with E-state index in [4.69, 9.17) is 10.1 Å². The number of halogens is 2. The Hall–Kier alpha value is -3.58. The first kappa shape index (κ1) is 22.2. The van der Waals surface area contributed by atoms with Crippen LogP contribution in [0.25, 0.3) is 16.9 Å². The smallest absolute Gasteiger partial charge is 0.189 e. The predicted octanol–water partition coefficient (Wildman–Crippen LogP) is 5.61. The summed E-state index contributed by atoms with van der Waals surface area (Å²) in [5.74, 6) is -1.000. The van der Waals surface area contributed by atoms with Gasteiger partial charge in [0.1, 0.15) is 28.1 Å². The number of rotatable bonds is 5. The summed E-state index contributed by atoms with van der Waals surface area (Å²) in [5, 5.41) is 18.1. The van der Waals surface area contributed by atoms with Crippen LogP contribution in [-0.4, -0.2) is 32.7 Å². The molecule has 0 atom stereocenters. The molecule has 3 aromatic heterocycles. The second-order valence-electron chi connectivity index (χ2n) is 8.28. The van der Waals surface area contributed by atoms with Gasteiger partial charge in [0.2, 0.25) is 0 Å². The number of hydrogen-bond acceptors (Lipinski definition) is 7. The van der Waals surface area contributed by atoms with Crippen molar-refractivity contribution >= 4 is 33.6 Å². The summed E-state index contributed by atoms with van der Waals surface area (Å²) < 4.78 is 29.0. The molecule has 0 spiro atoms. The third kappa shape index (κ3) is 3.96. The Morgan fingerprint density at radius 3 is 2.62 bits per heavy atom. The maximum atomic E-state index is 13.8. The van der Waals surface area contributed by atoms with Gasteiger partial charge in [0, 0.05) is 30.4 Å². The van der Waals surface area contributed by atoms with Crippen LogP contribution < -0.4 is 10.2 Å². The first-order valence-electron chi connectivity index (χ1n) is 11.3. The van der Waals surface area contributed by atoms with E-state index in [9.17, 15) is 14.0 Å². The maximum absolute atomic E-state index is 13.8. The largest absolute Gasteiger partial charge is 0.356 e. The quantitative estimate of drug-likeness (QED) is 0.401. The van der Waals surface area contributed by atoms with Gasteiger partial charge in [-0.1, -0.05) is 18.3 Å². The number of fused-ring (bicyclic) bond motifs is 1. The second-order valence-corrected chi connectivity index (χ2v) is 9.28. The van der Waals surface area contributed by atoms with Gasteiger partial charge in [0.15, 0.2) is 22.4 Å². The van der Waals surface area contributed by atoms with Gasteiger partial charge in [-0.15, -0.1) is 0 Å². The summed E-state index contributed by atoms with van der Waals surface area (Å²) in [7, 11) is 0. The Morgan fingerprint density at radius 1 is 1.12 bits per heavy atom. The highest BCUT2D eigenvalue weighted by Crippen LogP contribution is 2.35. The van der Waals surface area contributed by atoms with Gasteiger partial charge in [-0.25, -0.2) is 23.3 Å². The van der Waals surface area contributed by atoms with Gasteiger partial charge in [0.05, 0.1) is 5.69 Å². The lowest BCUT2D eigenvalue weighted by Crippen LogP contribution is -2.30. The molecule has 0 saturated carbocycles. The third-order valence-electron chi connectivity index (χ3n) is 5.99. The summed E-state index contributed by atoms with van der Waals surface area (Å²) in [6, 6.07) is 7.68. The zero-order valence-electron chi connectivity index (χ0n) is 18.9. The lowest BCUT2D eigenvalue weighted by Gasteiger charge is -2.28. The van der Waals surface area contributed by atoms with E-state index in [1.165, 1.54) is 12.5 Å². The van der Waals surface area contributed by atoms with Crippen LogP contribution in [0.15, 0.2) is 24.3 Å². The lowest BCUT2D eigenvalue weighted by molar-refractivity contribution is 0.509. The minimum atomic E-state index is -0.982. The summed E-state index contributed by atoms with van der Waals surface area (Å²) in [5.41, 5.74) is 3.89. The van der Waals surface area contributed by atoms with Gasteiger partial charge < -0.3 is 10.2 Å². The van der Waals surface area contributed by atoms with Crippen LogP contribution in [0.2, 0.25) is 0 Å². The van der Waals surface area contributed by atoms with E-state index in [0.29, 0.717) is 33.3 Å². The fourth-order valence-electron chi connectivity index (χ4n) is 4.25. The number of hydrogen-bond donors (Lipinski definition) is 1. The van der Waals surface area contributed by atoms with E-state index in [1.807, 2.05) is 18.4 Å². The lowest BCUT2D eigenvalue weighted by atomic mass is 10.1. The second kappa shape index (κ2) is 8.99. The maximum Gasteiger partial charge on any atom is 0.189 e. The van der Waals surface area contributed by atoms with E-state index >= 15 is 0 Å². The Morgan fingerprint density at radius 2 is 1.91 bits per heavy atom. The molecule has 1 N–H and O–H groups in total. The van der Waals surface area contributed by atoms with Crippen molar-refractivity contribution in [2.45, 2.75) is 39.5 Å². The highest BCUT2D eigenvalue weighted by molar-refractivity contribution is 7.16. The van der Waals surface area contributed by atoms with Crippen LogP contribution in [0.5, 0.6) is 0 Å². The molecule has 174 valence electrons. The molecule has 34 heavy (non-hydrogen) atoms. The highest BCUT2D eigenvalue weighted by Gasteiger charge is 2.21. The SMILES string of the molecule is CCc1nn2c(C)cc(N3CCCCC3)nc2c1Nc1nc(-c2ccc(F)c(F)c2)c(C#N)s1. The highest BCUT2D eigenvalue weighted by atomic mass is 32.1. The number of piperidine rings is 1. The van der Waals surface area contributed by atoms with Crippen molar-refractivity contribution in [3.05, 3.63) is 52.2 Å². The van der Waals surface area contributed by atoms with Crippen LogP contribution in [0.3, 0.4) is 0 Å². The topological polar surface area (TPSA) is 82.1 Å². The molecule has 1 aromatic carbocycles. The monoisotopic (exact) mass is 479 g/mol. The molecule has 1 aliphatic heterocycles. The van der Waals surface area contributed by atoms with E-state index < -0.39 is 11.6 Å². The molecule has 0 bridgehead atoms. The van der Waals surface area contributed by atoms with Crippen molar-refractivity contribution < 1.29 is 8.78 Å². The first-order valence-corrected chi connectivity index (χ1v) is 12.1. The molecule has 0 aliphatic carbocycles. The van der Waals surface area contributed by atoms with Crippen LogP contribution in [0, 0.1) is 29.9 Å². The van der Waals surface area contributed by atoms with Crippen molar-refractivity contribution in [2.75, 3.05) is 23.3 Å². The molecular formula is C24H23F2N7S. The van der Waals surface area contributed by atoms with E-state index in [0.717, 1.165) is 72.3 Å². The number of nitrogens with zero attached hydrogens (tertiary/aromatic N) is 6. The number of aryl methyl sites for hydroxylation is 2. The van der Waals surface area contributed by atoms with Gasteiger partial charge in [-0.2, -0.15) is 10.4 Å². The standard InChI is InChI=1S/C24H23F2N7S/c1-3-18-22(23-28-20(11-14(2)33(23)31-18)32-9-5-4-6-10-32)30-24-29-21(19(13-27)34-24)15-7-8-16(25)17(26)12-15/h7-8,11-12H,3-6,9-10H2,1-2H3,(H,29,30). The third-order valence-corrected chi connectivity index (χ3v) is 6.87. The van der Waals surface area contributed by atoms with Gasteiger partial charge in [-0.3, -0.25) is 0 Å². The molecule has 0 unspecified atom stereocenters. The number of nitriles is 1. The van der Waals surface area contributed by atoms with Crippen molar-refractivity contribution in [2.24, 2.45) is 0 Å². The molecule has 1 fully saturated rings. The molecule has 0 radical (unpaired) electrons. The number of thiazole rings is 1. The van der Waals surface area contributed by atoms with Crippen molar-refractivity contribution in [1.29, 1.82) is 5.26 Å². The molecular weight excluding hydrogens is 456 g/mol. The molecule has 10 heteroatoms. The van der Waals surface area contributed by atoms with Crippen LogP contribution in [0.1, 0.15) is 42.5 Å². The fourth-order valence-corrected chi connectivity index (χ4v) is 5.04. The van der Waals surface area contributed by atoms with Crippen molar-refractivity contribution in [3.8, 4) is 17.3 Å². The average Bonchev–Trinajstić information content (AvgIpc) is 3.43. The summed E-state index contributed by atoms with van der Waals surface area (Å²) in [4.78, 5) is 12.1. The van der Waals surface area contributed by atoms with Gasteiger partial charge >= 0.3 is 0 Å². The van der Waals surface area contributed by atoms with Crippen LogP contribution in [-0.2, 0) is 6.42 Å². The molecule has 4 heterocycles. The van der Waals surface area contributed by atoms with Gasteiger partial charge in [-0.05, 0) is 50.8 Å². The number of aromatic nitrogens is 4. The zero-order valence-corrected chi connectivity index (χ0v) is 19.7. The molecule has 5 rings (SSSR count). The minimum absolute atomic E-state index is 0.307. The molecule has 0 amide bonds. The first-order chi connectivity index (χ1) is 16.5. The average molecular weight is 480 g/mol. The van der Waals surface area contributed by atoms with Gasteiger partial charge in [0.25, 0.3) is 0 Å². The number of benzene rings is 1. The zero-order chi connectivity index (χ0) is 23.8. The summed E-state index contributed by atoms with van der Waals surface area (Å²) in [6.45, 7) is 5.99. The van der Waals surface area contributed by atoms with Crippen LogP contribution in [0.4, 0.5) is 25.4 Å². The Bertz CT molecular complexity index is 1410. The van der Waals surface area contributed by atoms with Crippen molar-refractivity contribution in [3.63, 3.8) is 0 Å². The van der Waals surface area contributed by atoms with E-state index in [2.05, 4.69) is 27.3 Å². The minimum Gasteiger partial charge on any atom is -0.356 e. The van der Waals surface area contributed by atoms with E-state index in [-0.39, 0.29) is 0 Å². The van der Waals surface area contributed by atoms with Crippen LogP contribution >= 0.6 is 11.3 Å². The number of nitrogens with one attached hydrogen (secondary N) is 1. The van der Waals surface area contributed by atoms with E-state index in [1.54, 1.807) is 0 Å². The molecule has 7 nitrogen and oxygen atoms in total. The Labute approximate surface area is 199 Å².